The van der Waals surface area contributed by atoms with E-state index >= 15 is 0 Å². The second-order valence-electron chi connectivity index (χ2n) is 5.03. The Balaban J connectivity index is 0.00000441. The average molecular weight is 350 g/mol. The minimum Gasteiger partial charge on any atom is -0.345 e. The maximum absolute atomic E-state index is 12.1. The van der Waals surface area contributed by atoms with E-state index in [0.717, 1.165) is 6.54 Å². The molecule has 1 amide bonds. The normalized spacial score (nSPS) is 12.4. The molecule has 22 heavy (non-hydrogen) atoms. The largest absolute Gasteiger partial charge is 0.345 e. The molecule has 1 aromatic carbocycles. The number of nitrogens with zero attached hydrogens (tertiary/aromatic N) is 1. The molecule has 1 aromatic rings. The van der Waals surface area contributed by atoms with Crippen molar-refractivity contribution in [1.29, 1.82) is 0 Å². The minimum absolute atomic E-state index is 0. The molecule has 8 heteroatoms. The highest BCUT2D eigenvalue weighted by atomic mass is 35.5. The molecule has 1 atom stereocenters. The third-order valence-electron chi connectivity index (χ3n) is 2.95. The average Bonchev–Trinajstić information content (AvgIpc) is 2.45. The lowest BCUT2D eigenvalue weighted by molar-refractivity contribution is 0.0827. The molecule has 0 aliphatic carbocycles. The molecule has 0 radical (unpaired) electrons. The zero-order valence-corrected chi connectivity index (χ0v) is 14.9. The summed E-state index contributed by atoms with van der Waals surface area (Å²) in [6.07, 6.45) is 0. The third-order valence-corrected chi connectivity index (χ3v) is 4.39. The van der Waals surface area contributed by atoms with Gasteiger partial charge in [-0.1, -0.05) is 6.92 Å². The van der Waals surface area contributed by atoms with E-state index in [1.807, 2.05) is 13.8 Å². The Kier molecular flexibility index (Phi) is 8.62. The number of likely N-dealkylation sites (N-methyl/N-ethyl adjacent to an activating group) is 1. The fourth-order valence-electron chi connectivity index (χ4n) is 1.77. The van der Waals surface area contributed by atoms with Crippen LogP contribution >= 0.6 is 12.4 Å². The van der Waals surface area contributed by atoms with Crippen LogP contribution in [0.1, 0.15) is 24.2 Å². The van der Waals surface area contributed by atoms with Gasteiger partial charge in [-0.3, -0.25) is 4.79 Å². The highest BCUT2D eigenvalue weighted by Gasteiger charge is 2.16. The van der Waals surface area contributed by atoms with Crippen LogP contribution in [0.4, 0.5) is 0 Å². The molecule has 0 fully saturated rings. The van der Waals surface area contributed by atoms with Crippen LogP contribution in [0.2, 0.25) is 0 Å². The van der Waals surface area contributed by atoms with Gasteiger partial charge < -0.3 is 10.2 Å². The number of halogens is 1. The van der Waals surface area contributed by atoms with Gasteiger partial charge in [0.25, 0.3) is 5.91 Å². The summed E-state index contributed by atoms with van der Waals surface area (Å²) in [6.45, 7) is 4.97. The Bertz CT molecular complexity index is 574. The van der Waals surface area contributed by atoms with Crippen molar-refractivity contribution in [3.8, 4) is 0 Å². The zero-order chi connectivity index (χ0) is 16.0. The quantitative estimate of drug-likeness (QED) is 0.772. The first-order valence-electron chi connectivity index (χ1n) is 6.82. The van der Waals surface area contributed by atoms with Gasteiger partial charge in [-0.05, 0) is 37.7 Å². The number of sulfonamides is 1. The van der Waals surface area contributed by atoms with Crippen LogP contribution in [-0.2, 0) is 10.0 Å². The minimum atomic E-state index is -3.55. The van der Waals surface area contributed by atoms with Crippen molar-refractivity contribution in [2.24, 2.45) is 0 Å². The van der Waals surface area contributed by atoms with Crippen LogP contribution in [0.15, 0.2) is 29.2 Å². The molecule has 126 valence electrons. The molecule has 0 spiro atoms. The maximum atomic E-state index is 12.1. The van der Waals surface area contributed by atoms with Crippen molar-refractivity contribution in [1.82, 2.24) is 14.9 Å². The SMILES string of the molecule is CCN[C@H](C)CNS(=O)(=O)c1ccc(C(=O)N(C)C)cc1.Cl. The van der Waals surface area contributed by atoms with Crippen molar-refractivity contribution < 1.29 is 13.2 Å². The number of hydrogen-bond acceptors (Lipinski definition) is 4. The summed E-state index contributed by atoms with van der Waals surface area (Å²) in [6, 6.07) is 5.97. The van der Waals surface area contributed by atoms with E-state index in [1.165, 1.54) is 29.2 Å². The van der Waals surface area contributed by atoms with E-state index in [9.17, 15) is 13.2 Å². The molecule has 1 rings (SSSR count). The molecule has 0 heterocycles. The Morgan fingerprint density at radius 2 is 1.77 bits per heavy atom. The van der Waals surface area contributed by atoms with Crippen molar-refractivity contribution in [3.05, 3.63) is 29.8 Å². The molecular formula is C14H24ClN3O3S. The van der Waals surface area contributed by atoms with Gasteiger partial charge >= 0.3 is 0 Å². The topological polar surface area (TPSA) is 78.5 Å². The number of amides is 1. The number of benzene rings is 1. The standard InChI is InChI=1S/C14H23N3O3S.ClH/c1-5-15-11(2)10-16-21(19,20)13-8-6-12(7-9-13)14(18)17(3)4;/h6-9,11,15-16H,5,10H2,1-4H3;1H/t11-;/m1./s1. The maximum Gasteiger partial charge on any atom is 0.253 e. The number of rotatable bonds is 7. The number of carbonyl (C=O) groups excluding carboxylic acids is 1. The van der Waals surface area contributed by atoms with Crippen molar-refractivity contribution in [3.63, 3.8) is 0 Å². The first kappa shape index (κ1) is 20.9. The molecule has 0 saturated heterocycles. The lowest BCUT2D eigenvalue weighted by Gasteiger charge is -2.14. The first-order valence-corrected chi connectivity index (χ1v) is 8.31. The van der Waals surface area contributed by atoms with E-state index in [2.05, 4.69) is 10.0 Å². The van der Waals surface area contributed by atoms with Gasteiger partial charge in [-0.15, -0.1) is 12.4 Å². The van der Waals surface area contributed by atoms with Gasteiger partial charge in [0.2, 0.25) is 10.0 Å². The van der Waals surface area contributed by atoms with Crippen LogP contribution < -0.4 is 10.0 Å². The Morgan fingerprint density at radius 1 is 1.23 bits per heavy atom. The van der Waals surface area contributed by atoms with E-state index in [-0.39, 0.29) is 29.3 Å². The van der Waals surface area contributed by atoms with Crippen LogP contribution in [0, 0.1) is 0 Å². The molecule has 0 aliphatic rings. The monoisotopic (exact) mass is 349 g/mol. The molecule has 2 N–H and O–H groups in total. The van der Waals surface area contributed by atoms with Crippen LogP contribution in [0.25, 0.3) is 0 Å². The van der Waals surface area contributed by atoms with Gasteiger partial charge in [0.1, 0.15) is 0 Å². The Labute approximate surface area is 138 Å². The second-order valence-corrected chi connectivity index (χ2v) is 6.80. The predicted octanol–water partition coefficient (Wildman–Crippen LogP) is 1.09. The summed E-state index contributed by atoms with van der Waals surface area (Å²) in [5.74, 6) is -0.160. The van der Waals surface area contributed by atoms with Gasteiger partial charge in [0.15, 0.2) is 0 Å². The van der Waals surface area contributed by atoms with Gasteiger partial charge in [-0.25, -0.2) is 13.1 Å². The third kappa shape index (κ3) is 5.92. The van der Waals surface area contributed by atoms with Gasteiger partial charge in [-0.2, -0.15) is 0 Å². The van der Waals surface area contributed by atoms with Crippen molar-refractivity contribution in [2.45, 2.75) is 24.8 Å². The highest BCUT2D eigenvalue weighted by Crippen LogP contribution is 2.11. The van der Waals surface area contributed by atoms with Crippen LogP contribution in [-0.4, -0.2) is 52.5 Å². The predicted molar refractivity (Wildman–Crippen MR) is 90.0 cm³/mol. The Morgan fingerprint density at radius 3 is 2.23 bits per heavy atom. The fourth-order valence-corrected chi connectivity index (χ4v) is 2.90. The first-order chi connectivity index (χ1) is 9.77. The fraction of sp³-hybridized carbons (Fsp3) is 0.500. The molecule has 0 unspecified atom stereocenters. The van der Waals surface area contributed by atoms with Crippen LogP contribution in [0.5, 0.6) is 0 Å². The van der Waals surface area contributed by atoms with E-state index in [4.69, 9.17) is 0 Å². The summed E-state index contributed by atoms with van der Waals surface area (Å²) in [7, 11) is -0.252. The summed E-state index contributed by atoms with van der Waals surface area (Å²) in [5.41, 5.74) is 0.458. The number of nitrogens with one attached hydrogen (secondary N) is 2. The molecule has 0 saturated carbocycles. The van der Waals surface area contributed by atoms with Crippen LogP contribution in [0.3, 0.4) is 0 Å². The number of carbonyl (C=O) groups is 1. The molecule has 6 nitrogen and oxygen atoms in total. The van der Waals surface area contributed by atoms with Crippen molar-refractivity contribution >= 4 is 28.3 Å². The summed E-state index contributed by atoms with van der Waals surface area (Å²) in [5, 5.41) is 3.13. The highest BCUT2D eigenvalue weighted by molar-refractivity contribution is 7.89. The Hall–Kier alpha value is -1.15. The number of hydrogen-bond donors (Lipinski definition) is 2. The van der Waals surface area contributed by atoms with Gasteiger partial charge in [0.05, 0.1) is 4.90 Å². The van der Waals surface area contributed by atoms with E-state index in [0.29, 0.717) is 12.1 Å². The molecular weight excluding hydrogens is 326 g/mol. The zero-order valence-electron chi connectivity index (χ0n) is 13.3. The summed E-state index contributed by atoms with van der Waals surface area (Å²) in [4.78, 5) is 13.3. The molecule has 0 bridgehead atoms. The summed E-state index contributed by atoms with van der Waals surface area (Å²) < 4.78 is 26.8. The smallest absolute Gasteiger partial charge is 0.253 e. The second kappa shape index (κ2) is 9.09. The lowest BCUT2D eigenvalue weighted by Crippen LogP contribution is -2.38. The van der Waals surface area contributed by atoms with Gasteiger partial charge in [0, 0.05) is 32.2 Å². The van der Waals surface area contributed by atoms with E-state index < -0.39 is 10.0 Å². The lowest BCUT2D eigenvalue weighted by atomic mass is 10.2. The molecule has 0 aliphatic heterocycles. The molecule has 0 aromatic heterocycles. The summed E-state index contributed by atoms with van der Waals surface area (Å²) >= 11 is 0. The van der Waals surface area contributed by atoms with E-state index in [1.54, 1.807) is 14.1 Å². The van der Waals surface area contributed by atoms with Crippen molar-refractivity contribution in [2.75, 3.05) is 27.2 Å².